The summed E-state index contributed by atoms with van der Waals surface area (Å²) in [6.07, 6.45) is -0.560. The van der Waals surface area contributed by atoms with Crippen molar-refractivity contribution in [3.63, 3.8) is 0 Å². The van der Waals surface area contributed by atoms with E-state index in [1.54, 1.807) is 11.9 Å². The quantitative estimate of drug-likeness (QED) is 0.934. The van der Waals surface area contributed by atoms with Crippen molar-refractivity contribution in [2.45, 2.75) is 12.1 Å². The number of morpholine rings is 1. The third kappa shape index (κ3) is 3.66. The zero-order valence-electron chi connectivity index (χ0n) is 12.9. The van der Waals surface area contributed by atoms with Crippen molar-refractivity contribution in [2.75, 3.05) is 25.5 Å². The van der Waals surface area contributed by atoms with Crippen LogP contribution in [0.5, 0.6) is 0 Å². The zero-order valence-corrected chi connectivity index (χ0v) is 13.7. The summed E-state index contributed by atoms with van der Waals surface area (Å²) < 4.78 is 5.79. The van der Waals surface area contributed by atoms with Gasteiger partial charge >= 0.3 is 0 Å². The summed E-state index contributed by atoms with van der Waals surface area (Å²) in [6.45, 7) is 1.15. The Morgan fingerprint density at radius 1 is 1.17 bits per heavy atom. The maximum absolute atomic E-state index is 12.5. The highest BCUT2D eigenvalue weighted by Gasteiger charge is 2.35. The van der Waals surface area contributed by atoms with E-state index in [1.165, 1.54) is 0 Å². The molecule has 0 bridgehead atoms. The molecular weight excluding hydrogens is 312 g/mol. The number of carbonyl (C=O) groups excluding carboxylic acids is 1. The van der Waals surface area contributed by atoms with Crippen molar-refractivity contribution in [1.82, 2.24) is 4.90 Å². The fourth-order valence-electron chi connectivity index (χ4n) is 2.67. The lowest BCUT2D eigenvalue weighted by Crippen LogP contribution is -2.49. The molecule has 0 saturated carbocycles. The van der Waals surface area contributed by atoms with Gasteiger partial charge in [0.05, 0.1) is 12.6 Å². The molecule has 2 aromatic rings. The van der Waals surface area contributed by atoms with Crippen molar-refractivity contribution in [3.05, 3.63) is 65.2 Å². The van der Waals surface area contributed by atoms with E-state index in [0.29, 0.717) is 18.2 Å². The summed E-state index contributed by atoms with van der Waals surface area (Å²) in [5.74, 6) is -0.0142. The van der Waals surface area contributed by atoms with E-state index in [-0.39, 0.29) is 11.9 Å². The Kier molecular flexibility index (Phi) is 4.84. The Bertz CT molecular complexity index is 660. The number of amides is 1. The molecule has 1 fully saturated rings. The third-order valence-corrected chi connectivity index (χ3v) is 4.22. The average Bonchev–Trinajstić information content (AvgIpc) is 2.57. The molecule has 2 aromatic carbocycles. The van der Waals surface area contributed by atoms with E-state index in [0.717, 1.165) is 11.3 Å². The second-order valence-corrected chi connectivity index (χ2v) is 6.03. The highest BCUT2D eigenvalue weighted by molar-refractivity contribution is 6.30. The summed E-state index contributed by atoms with van der Waals surface area (Å²) in [6, 6.07) is 17.0. The monoisotopic (exact) mass is 330 g/mol. The van der Waals surface area contributed by atoms with Gasteiger partial charge in [-0.3, -0.25) is 4.79 Å². The first-order valence-corrected chi connectivity index (χ1v) is 7.96. The van der Waals surface area contributed by atoms with Gasteiger partial charge in [-0.1, -0.05) is 41.9 Å². The van der Waals surface area contributed by atoms with Gasteiger partial charge in [-0.05, 0) is 29.8 Å². The van der Waals surface area contributed by atoms with E-state index in [1.807, 2.05) is 54.6 Å². The van der Waals surface area contributed by atoms with E-state index in [9.17, 15) is 4.79 Å². The highest BCUT2D eigenvalue weighted by Crippen LogP contribution is 2.28. The van der Waals surface area contributed by atoms with Gasteiger partial charge in [0.2, 0.25) is 0 Å². The summed E-state index contributed by atoms with van der Waals surface area (Å²) in [7, 11) is 1.80. The van der Waals surface area contributed by atoms with Crippen LogP contribution in [0.15, 0.2) is 54.6 Å². The predicted molar refractivity (Wildman–Crippen MR) is 91.6 cm³/mol. The number of benzene rings is 2. The first-order chi connectivity index (χ1) is 11.1. The molecule has 120 valence electrons. The normalized spacial score (nSPS) is 19.5. The number of anilines is 1. The molecule has 4 nitrogen and oxygen atoms in total. The number of nitrogens with one attached hydrogen (secondary N) is 1. The second-order valence-electron chi connectivity index (χ2n) is 5.59. The van der Waals surface area contributed by atoms with Crippen molar-refractivity contribution in [1.29, 1.82) is 0 Å². The molecule has 3 rings (SSSR count). The Morgan fingerprint density at radius 3 is 2.57 bits per heavy atom. The first-order valence-electron chi connectivity index (χ1n) is 7.59. The minimum Gasteiger partial charge on any atom is -0.375 e. The lowest BCUT2D eigenvalue weighted by molar-refractivity contribution is -0.152. The van der Waals surface area contributed by atoms with Crippen LogP contribution in [0, 0.1) is 0 Å². The average molecular weight is 331 g/mol. The molecule has 1 amide bonds. The van der Waals surface area contributed by atoms with Gasteiger partial charge in [0.1, 0.15) is 0 Å². The minimum absolute atomic E-state index is 0.0142. The minimum atomic E-state index is -0.560. The molecular formula is C18H19ClN2O2. The number of carbonyl (C=O) groups is 1. The summed E-state index contributed by atoms with van der Waals surface area (Å²) in [4.78, 5) is 14.2. The first kappa shape index (κ1) is 15.8. The van der Waals surface area contributed by atoms with Crippen molar-refractivity contribution < 1.29 is 9.53 Å². The molecule has 1 aliphatic rings. The van der Waals surface area contributed by atoms with Crippen LogP contribution < -0.4 is 5.32 Å². The standard InChI is InChI=1S/C18H19ClN2O2/c1-21-11-12-23-17(18(21)22)16(13-7-9-14(19)10-8-13)20-15-5-3-2-4-6-15/h2-10,16-17,20H,11-12H2,1H3. The Labute approximate surface area is 141 Å². The van der Waals surface area contributed by atoms with Crippen LogP contribution in [0.25, 0.3) is 0 Å². The van der Waals surface area contributed by atoms with Crippen molar-refractivity contribution in [2.24, 2.45) is 0 Å². The zero-order chi connectivity index (χ0) is 16.2. The SMILES string of the molecule is CN1CCOC(C(Nc2ccccc2)c2ccc(Cl)cc2)C1=O. The molecule has 0 aliphatic carbocycles. The number of para-hydroxylation sites is 1. The molecule has 1 aliphatic heterocycles. The maximum atomic E-state index is 12.5. The molecule has 1 saturated heterocycles. The van der Waals surface area contributed by atoms with Crippen LogP contribution in [-0.2, 0) is 9.53 Å². The third-order valence-electron chi connectivity index (χ3n) is 3.97. The Hall–Kier alpha value is -2.04. The molecule has 0 radical (unpaired) electrons. The second kappa shape index (κ2) is 7.02. The van der Waals surface area contributed by atoms with Crippen LogP contribution in [0.1, 0.15) is 11.6 Å². The lowest BCUT2D eigenvalue weighted by Gasteiger charge is -2.35. The van der Waals surface area contributed by atoms with Crippen LogP contribution in [0.3, 0.4) is 0 Å². The number of hydrogen-bond donors (Lipinski definition) is 1. The summed E-state index contributed by atoms with van der Waals surface area (Å²) in [5, 5.41) is 4.09. The van der Waals surface area contributed by atoms with Gasteiger partial charge in [0.15, 0.2) is 6.10 Å². The fourth-order valence-corrected chi connectivity index (χ4v) is 2.80. The van der Waals surface area contributed by atoms with Crippen LogP contribution in [0.2, 0.25) is 5.02 Å². The number of hydrogen-bond acceptors (Lipinski definition) is 3. The summed E-state index contributed by atoms with van der Waals surface area (Å²) in [5.41, 5.74) is 1.91. The van der Waals surface area contributed by atoms with Crippen LogP contribution in [0.4, 0.5) is 5.69 Å². The molecule has 2 atom stereocenters. The van der Waals surface area contributed by atoms with Gasteiger partial charge in [0, 0.05) is 24.3 Å². The van der Waals surface area contributed by atoms with Crippen molar-refractivity contribution >= 4 is 23.2 Å². The molecule has 1 N–H and O–H groups in total. The Balaban J connectivity index is 1.92. The van der Waals surface area contributed by atoms with Crippen molar-refractivity contribution in [3.8, 4) is 0 Å². The van der Waals surface area contributed by atoms with E-state index in [2.05, 4.69) is 5.32 Å². The molecule has 2 unspecified atom stereocenters. The number of halogens is 1. The number of nitrogens with zero attached hydrogens (tertiary/aromatic N) is 1. The van der Waals surface area contributed by atoms with Gasteiger partial charge in [0.25, 0.3) is 5.91 Å². The van der Waals surface area contributed by atoms with Crippen LogP contribution in [-0.4, -0.2) is 37.1 Å². The number of ether oxygens (including phenoxy) is 1. The maximum Gasteiger partial charge on any atom is 0.254 e. The molecule has 23 heavy (non-hydrogen) atoms. The van der Waals surface area contributed by atoms with Gasteiger partial charge in [-0.25, -0.2) is 0 Å². The fraction of sp³-hybridized carbons (Fsp3) is 0.278. The largest absolute Gasteiger partial charge is 0.375 e. The molecule has 1 heterocycles. The van der Waals surface area contributed by atoms with Gasteiger partial charge in [-0.15, -0.1) is 0 Å². The van der Waals surface area contributed by atoms with E-state index >= 15 is 0 Å². The number of likely N-dealkylation sites (N-methyl/N-ethyl adjacent to an activating group) is 1. The van der Waals surface area contributed by atoms with E-state index in [4.69, 9.17) is 16.3 Å². The van der Waals surface area contributed by atoms with Gasteiger partial charge < -0.3 is 15.0 Å². The highest BCUT2D eigenvalue weighted by atomic mass is 35.5. The van der Waals surface area contributed by atoms with Crippen LogP contribution >= 0.6 is 11.6 Å². The summed E-state index contributed by atoms with van der Waals surface area (Å²) >= 11 is 5.99. The smallest absolute Gasteiger partial charge is 0.254 e. The molecule has 5 heteroatoms. The molecule has 0 aromatic heterocycles. The topological polar surface area (TPSA) is 41.6 Å². The number of rotatable bonds is 4. The van der Waals surface area contributed by atoms with Gasteiger partial charge in [-0.2, -0.15) is 0 Å². The molecule has 0 spiro atoms. The predicted octanol–water partition coefficient (Wildman–Crippen LogP) is 3.35. The lowest BCUT2D eigenvalue weighted by atomic mass is 9.99. The van der Waals surface area contributed by atoms with E-state index < -0.39 is 6.10 Å². The Morgan fingerprint density at radius 2 is 1.87 bits per heavy atom.